The zero-order chi connectivity index (χ0) is 20.6. The largest absolute Gasteiger partial charge is 0.497 e. The van der Waals surface area contributed by atoms with Crippen molar-refractivity contribution in [1.82, 2.24) is 15.5 Å². The minimum Gasteiger partial charge on any atom is -0.497 e. The highest BCUT2D eigenvalue weighted by atomic mass is 32.2. The molecule has 3 aromatic rings. The Labute approximate surface area is 175 Å². The highest BCUT2D eigenvalue weighted by Gasteiger charge is 2.20. The van der Waals surface area contributed by atoms with Crippen molar-refractivity contribution >= 4 is 17.7 Å². The maximum atomic E-state index is 12.5. The number of aromatic nitrogens is 2. The highest BCUT2D eigenvalue weighted by Crippen LogP contribution is 2.27. The summed E-state index contributed by atoms with van der Waals surface area (Å²) in [7, 11) is 1.62. The third-order valence-electron chi connectivity index (χ3n) is 4.68. The van der Waals surface area contributed by atoms with Gasteiger partial charge in [-0.2, -0.15) is 0 Å². The predicted molar refractivity (Wildman–Crippen MR) is 114 cm³/mol. The first-order chi connectivity index (χ1) is 14.1. The molecule has 7 heteroatoms. The fourth-order valence-corrected chi connectivity index (χ4v) is 3.61. The van der Waals surface area contributed by atoms with E-state index in [2.05, 4.69) is 34.6 Å². The van der Waals surface area contributed by atoms with E-state index in [-0.39, 0.29) is 11.2 Å². The highest BCUT2D eigenvalue weighted by molar-refractivity contribution is 8.00. The molecule has 0 bridgehead atoms. The van der Waals surface area contributed by atoms with E-state index in [1.807, 2.05) is 49.4 Å². The van der Waals surface area contributed by atoms with Crippen LogP contribution in [-0.4, -0.2) is 35.0 Å². The van der Waals surface area contributed by atoms with Gasteiger partial charge in [-0.05, 0) is 43.2 Å². The minimum absolute atomic E-state index is 0.0476. The molecule has 3 rings (SSSR count). The summed E-state index contributed by atoms with van der Waals surface area (Å²) >= 11 is 1.25. The Bertz CT molecular complexity index is 913. The van der Waals surface area contributed by atoms with Crippen molar-refractivity contribution in [3.63, 3.8) is 0 Å². The molecule has 0 spiro atoms. The number of thioether (sulfide) groups is 1. The Hall–Kier alpha value is -2.80. The van der Waals surface area contributed by atoms with Crippen molar-refractivity contribution in [3.8, 4) is 17.2 Å². The first kappa shape index (κ1) is 20.9. The van der Waals surface area contributed by atoms with Gasteiger partial charge in [-0.15, -0.1) is 10.2 Å². The number of rotatable bonds is 9. The van der Waals surface area contributed by atoms with E-state index in [0.717, 1.165) is 17.7 Å². The quantitative estimate of drug-likeness (QED) is 0.521. The van der Waals surface area contributed by atoms with Crippen LogP contribution in [0.2, 0.25) is 0 Å². The van der Waals surface area contributed by atoms with Gasteiger partial charge in [0.15, 0.2) is 0 Å². The normalized spacial score (nSPS) is 12.9. The predicted octanol–water partition coefficient (Wildman–Crippen LogP) is 4.54. The van der Waals surface area contributed by atoms with E-state index < -0.39 is 0 Å². The number of nitrogens with zero attached hydrogens (tertiary/aromatic N) is 2. The maximum Gasteiger partial charge on any atom is 0.277 e. The number of nitrogens with one attached hydrogen (secondary N) is 1. The third-order valence-corrected chi connectivity index (χ3v) is 5.61. The lowest BCUT2D eigenvalue weighted by Crippen LogP contribution is -2.34. The zero-order valence-corrected chi connectivity index (χ0v) is 17.6. The molecule has 0 fully saturated rings. The SMILES string of the molecule is CC[C@@H](CNC(=O)[C@@H](C)Sc1nnc(-c2ccc(OC)cc2)o1)c1ccccc1. The number of ether oxygens (including phenoxy) is 1. The molecule has 29 heavy (non-hydrogen) atoms. The molecule has 2 atom stereocenters. The van der Waals surface area contributed by atoms with Crippen LogP contribution in [-0.2, 0) is 4.79 Å². The number of benzene rings is 2. The summed E-state index contributed by atoms with van der Waals surface area (Å²) in [5.41, 5.74) is 2.03. The summed E-state index contributed by atoms with van der Waals surface area (Å²) in [5.74, 6) is 1.42. The van der Waals surface area contributed by atoms with Gasteiger partial charge >= 0.3 is 0 Å². The lowest BCUT2D eigenvalue weighted by molar-refractivity contribution is -0.120. The van der Waals surface area contributed by atoms with E-state index in [1.54, 1.807) is 7.11 Å². The zero-order valence-electron chi connectivity index (χ0n) is 16.8. The molecular formula is C22H25N3O3S. The van der Waals surface area contributed by atoms with E-state index >= 15 is 0 Å². The maximum absolute atomic E-state index is 12.5. The molecule has 2 aromatic carbocycles. The van der Waals surface area contributed by atoms with Crippen LogP contribution in [0.4, 0.5) is 0 Å². The summed E-state index contributed by atoms with van der Waals surface area (Å²) in [5, 5.41) is 11.2. The molecule has 0 aliphatic heterocycles. The van der Waals surface area contributed by atoms with Gasteiger partial charge in [-0.25, -0.2) is 0 Å². The third kappa shape index (κ3) is 5.60. The van der Waals surface area contributed by atoms with Crippen LogP contribution in [0.15, 0.2) is 64.2 Å². The Morgan fingerprint density at radius 3 is 2.52 bits per heavy atom. The fourth-order valence-electron chi connectivity index (χ4n) is 2.90. The van der Waals surface area contributed by atoms with Gasteiger partial charge in [0.2, 0.25) is 11.8 Å². The number of methoxy groups -OCH3 is 1. The molecule has 0 unspecified atom stereocenters. The van der Waals surface area contributed by atoms with Gasteiger partial charge in [0, 0.05) is 18.0 Å². The number of carbonyl (C=O) groups excluding carboxylic acids is 1. The van der Waals surface area contributed by atoms with Crippen LogP contribution in [0.1, 0.15) is 31.7 Å². The Balaban J connectivity index is 1.55. The average molecular weight is 412 g/mol. The minimum atomic E-state index is -0.340. The van der Waals surface area contributed by atoms with Crippen LogP contribution in [0.5, 0.6) is 5.75 Å². The van der Waals surface area contributed by atoms with Gasteiger partial charge in [0.05, 0.1) is 12.4 Å². The lowest BCUT2D eigenvalue weighted by Gasteiger charge is -2.17. The number of amides is 1. The van der Waals surface area contributed by atoms with E-state index in [1.165, 1.54) is 17.3 Å². The lowest BCUT2D eigenvalue weighted by atomic mass is 9.96. The van der Waals surface area contributed by atoms with Crippen molar-refractivity contribution in [2.45, 2.75) is 36.7 Å². The number of carbonyl (C=O) groups is 1. The average Bonchev–Trinajstić information content (AvgIpc) is 3.23. The Kier molecular flexibility index (Phi) is 7.30. The van der Waals surface area contributed by atoms with Crippen LogP contribution >= 0.6 is 11.8 Å². The van der Waals surface area contributed by atoms with E-state index in [4.69, 9.17) is 9.15 Å². The van der Waals surface area contributed by atoms with Crippen LogP contribution in [0, 0.1) is 0 Å². The van der Waals surface area contributed by atoms with Gasteiger partial charge in [0.25, 0.3) is 5.22 Å². The topological polar surface area (TPSA) is 77.2 Å². The molecule has 0 saturated heterocycles. The molecule has 0 saturated carbocycles. The standard InChI is InChI=1S/C22H25N3O3S/c1-4-16(17-8-6-5-7-9-17)14-23-20(26)15(2)29-22-25-24-21(28-22)18-10-12-19(27-3)13-11-18/h5-13,15-16H,4,14H2,1-3H3,(H,23,26)/t15-,16+/m1/s1. The van der Waals surface area contributed by atoms with Crippen molar-refractivity contribution < 1.29 is 13.9 Å². The monoisotopic (exact) mass is 411 g/mol. The first-order valence-corrected chi connectivity index (χ1v) is 10.5. The summed E-state index contributed by atoms with van der Waals surface area (Å²) in [6.07, 6.45) is 0.959. The van der Waals surface area contributed by atoms with E-state index in [0.29, 0.717) is 23.6 Å². The van der Waals surface area contributed by atoms with Gasteiger partial charge < -0.3 is 14.5 Å². The Morgan fingerprint density at radius 2 is 1.86 bits per heavy atom. The van der Waals surface area contributed by atoms with Crippen molar-refractivity contribution in [2.24, 2.45) is 0 Å². The van der Waals surface area contributed by atoms with Crippen molar-refractivity contribution in [3.05, 3.63) is 60.2 Å². The summed E-state index contributed by atoms with van der Waals surface area (Å²) < 4.78 is 10.9. The molecule has 1 amide bonds. The van der Waals surface area contributed by atoms with Gasteiger partial charge in [0.1, 0.15) is 5.75 Å². The molecule has 0 aliphatic carbocycles. The van der Waals surface area contributed by atoms with Crippen LogP contribution in [0.25, 0.3) is 11.5 Å². The second kappa shape index (κ2) is 10.1. The molecule has 0 aliphatic rings. The fraction of sp³-hybridized carbons (Fsp3) is 0.318. The second-order valence-corrected chi connectivity index (χ2v) is 7.91. The Morgan fingerprint density at radius 1 is 1.14 bits per heavy atom. The van der Waals surface area contributed by atoms with Gasteiger partial charge in [-0.1, -0.05) is 49.0 Å². The molecule has 1 N–H and O–H groups in total. The van der Waals surface area contributed by atoms with Gasteiger partial charge in [-0.3, -0.25) is 4.79 Å². The molecule has 1 aromatic heterocycles. The molecule has 1 heterocycles. The summed E-state index contributed by atoms with van der Waals surface area (Å²) in [6, 6.07) is 17.6. The first-order valence-electron chi connectivity index (χ1n) is 9.58. The van der Waals surface area contributed by atoms with E-state index in [9.17, 15) is 4.79 Å². The molecule has 0 radical (unpaired) electrons. The van der Waals surface area contributed by atoms with Crippen molar-refractivity contribution in [2.75, 3.05) is 13.7 Å². The van der Waals surface area contributed by atoms with Crippen LogP contribution in [0.3, 0.4) is 0 Å². The number of hydrogen-bond donors (Lipinski definition) is 1. The smallest absolute Gasteiger partial charge is 0.277 e. The summed E-state index contributed by atoms with van der Waals surface area (Å²) in [6.45, 7) is 4.56. The molecular weight excluding hydrogens is 386 g/mol. The molecule has 6 nitrogen and oxygen atoms in total. The second-order valence-electron chi connectivity index (χ2n) is 6.62. The number of hydrogen-bond acceptors (Lipinski definition) is 6. The summed E-state index contributed by atoms with van der Waals surface area (Å²) in [4.78, 5) is 12.5. The molecule has 152 valence electrons. The van der Waals surface area contributed by atoms with Crippen LogP contribution < -0.4 is 10.1 Å². The van der Waals surface area contributed by atoms with Crippen molar-refractivity contribution in [1.29, 1.82) is 0 Å².